The van der Waals surface area contributed by atoms with E-state index in [4.69, 9.17) is 0 Å². The maximum Gasteiger partial charge on any atom is 0.254 e. The Bertz CT molecular complexity index is 536. The topological polar surface area (TPSA) is 41.1 Å². The van der Waals surface area contributed by atoms with Crippen LogP contribution in [-0.2, 0) is 0 Å². The number of halogens is 1. The predicted octanol–water partition coefficient (Wildman–Crippen LogP) is 3.17. The first kappa shape index (κ1) is 16.0. The molecule has 1 aliphatic heterocycles. The first-order chi connectivity index (χ1) is 9.60. The van der Waals surface area contributed by atoms with Gasteiger partial charge in [-0.3, -0.25) is 4.79 Å². The van der Waals surface area contributed by atoms with E-state index in [0.717, 1.165) is 12.8 Å². The lowest BCUT2D eigenvalue weighted by Crippen LogP contribution is -2.62. The zero-order valence-electron chi connectivity index (χ0n) is 13.5. The van der Waals surface area contributed by atoms with Crippen molar-refractivity contribution in [2.75, 3.05) is 0 Å². The molecular weight excluding hydrogens is 267 g/mol. The van der Waals surface area contributed by atoms with Crippen molar-refractivity contribution >= 4 is 5.91 Å². The van der Waals surface area contributed by atoms with Gasteiger partial charge in [0, 0.05) is 17.1 Å². The molecule has 1 fully saturated rings. The Morgan fingerprint density at radius 3 is 2.38 bits per heavy atom. The number of amides is 1. The second-order valence-corrected chi connectivity index (χ2v) is 7.41. The van der Waals surface area contributed by atoms with Crippen LogP contribution in [0, 0.1) is 12.7 Å². The number of carbonyl (C=O) groups excluding carboxylic acids is 1. The van der Waals surface area contributed by atoms with E-state index in [-0.39, 0.29) is 28.6 Å². The summed E-state index contributed by atoms with van der Waals surface area (Å²) in [6, 6.07) is 4.96. The summed E-state index contributed by atoms with van der Waals surface area (Å²) >= 11 is 0. The van der Waals surface area contributed by atoms with Gasteiger partial charge >= 0.3 is 0 Å². The molecule has 1 saturated heterocycles. The molecule has 21 heavy (non-hydrogen) atoms. The summed E-state index contributed by atoms with van der Waals surface area (Å²) in [6.45, 7) is 10.2. The third-order valence-corrected chi connectivity index (χ3v) is 3.96. The Hall–Kier alpha value is -1.42. The smallest absolute Gasteiger partial charge is 0.254 e. The summed E-state index contributed by atoms with van der Waals surface area (Å²) in [7, 11) is 0. The van der Waals surface area contributed by atoms with Gasteiger partial charge in [-0.2, -0.15) is 0 Å². The van der Waals surface area contributed by atoms with Gasteiger partial charge in [-0.15, -0.1) is 0 Å². The van der Waals surface area contributed by atoms with Crippen LogP contribution in [0.3, 0.4) is 0 Å². The van der Waals surface area contributed by atoms with Gasteiger partial charge < -0.3 is 10.6 Å². The Balaban J connectivity index is 2.14. The largest absolute Gasteiger partial charge is 0.349 e. The number of aryl methyl sites for hydroxylation is 1. The van der Waals surface area contributed by atoms with Crippen molar-refractivity contribution in [2.24, 2.45) is 0 Å². The SMILES string of the molecule is Cc1cccc(C(=O)NC2CC(C)(C)NC(C)(C)C2)c1F. The second-order valence-electron chi connectivity index (χ2n) is 7.41. The van der Waals surface area contributed by atoms with Gasteiger partial charge in [0.2, 0.25) is 0 Å². The first-order valence-corrected chi connectivity index (χ1v) is 7.45. The highest BCUT2D eigenvalue weighted by Crippen LogP contribution is 2.28. The van der Waals surface area contributed by atoms with Crippen LogP contribution >= 0.6 is 0 Å². The molecule has 1 heterocycles. The molecule has 0 aromatic heterocycles. The van der Waals surface area contributed by atoms with Crippen molar-refractivity contribution in [3.63, 3.8) is 0 Å². The van der Waals surface area contributed by atoms with Crippen molar-refractivity contribution < 1.29 is 9.18 Å². The normalized spacial score (nSPS) is 21.0. The van der Waals surface area contributed by atoms with Crippen LogP contribution in [-0.4, -0.2) is 23.0 Å². The molecule has 0 aliphatic carbocycles. The minimum absolute atomic E-state index is 0.0451. The van der Waals surface area contributed by atoms with Crippen LogP contribution < -0.4 is 10.6 Å². The van der Waals surface area contributed by atoms with Crippen molar-refractivity contribution in [3.05, 3.63) is 35.1 Å². The van der Waals surface area contributed by atoms with Gasteiger partial charge in [-0.05, 0) is 59.1 Å². The molecule has 0 bridgehead atoms. The van der Waals surface area contributed by atoms with E-state index >= 15 is 0 Å². The molecular formula is C17H25FN2O. The molecule has 0 atom stereocenters. The Morgan fingerprint density at radius 2 is 1.81 bits per heavy atom. The van der Waals surface area contributed by atoms with E-state index in [1.165, 1.54) is 6.07 Å². The molecule has 4 heteroatoms. The maximum absolute atomic E-state index is 14.0. The van der Waals surface area contributed by atoms with Crippen LogP contribution in [0.1, 0.15) is 56.5 Å². The van der Waals surface area contributed by atoms with E-state index < -0.39 is 5.82 Å². The highest BCUT2D eigenvalue weighted by Gasteiger charge is 2.38. The maximum atomic E-state index is 14.0. The number of rotatable bonds is 2. The first-order valence-electron chi connectivity index (χ1n) is 7.45. The fourth-order valence-corrected chi connectivity index (χ4v) is 3.51. The van der Waals surface area contributed by atoms with Gasteiger partial charge in [0.25, 0.3) is 5.91 Å². The highest BCUT2D eigenvalue weighted by molar-refractivity contribution is 5.94. The molecule has 3 nitrogen and oxygen atoms in total. The second kappa shape index (κ2) is 5.41. The number of hydrogen-bond acceptors (Lipinski definition) is 2. The number of benzene rings is 1. The molecule has 1 aliphatic rings. The van der Waals surface area contributed by atoms with E-state index in [2.05, 4.69) is 38.3 Å². The lowest BCUT2D eigenvalue weighted by atomic mass is 9.79. The van der Waals surface area contributed by atoms with Crippen molar-refractivity contribution in [2.45, 2.75) is 64.6 Å². The number of hydrogen-bond donors (Lipinski definition) is 2. The molecule has 1 aromatic carbocycles. The quantitative estimate of drug-likeness (QED) is 0.879. The van der Waals surface area contributed by atoms with E-state index in [0.29, 0.717) is 5.56 Å². The molecule has 0 unspecified atom stereocenters. The minimum Gasteiger partial charge on any atom is -0.349 e. The van der Waals surface area contributed by atoms with E-state index in [1.54, 1.807) is 19.1 Å². The zero-order chi connectivity index (χ0) is 15.8. The van der Waals surface area contributed by atoms with Gasteiger partial charge in [-0.1, -0.05) is 12.1 Å². The van der Waals surface area contributed by atoms with E-state index in [1.807, 2.05) is 0 Å². The summed E-state index contributed by atoms with van der Waals surface area (Å²) in [4.78, 5) is 12.3. The lowest BCUT2D eigenvalue weighted by molar-refractivity contribution is 0.0869. The summed E-state index contributed by atoms with van der Waals surface area (Å²) in [5.74, 6) is -0.753. The molecule has 1 amide bonds. The van der Waals surface area contributed by atoms with Crippen LogP contribution in [0.15, 0.2) is 18.2 Å². The Morgan fingerprint density at radius 1 is 1.24 bits per heavy atom. The van der Waals surface area contributed by atoms with Crippen LogP contribution in [0.4, 0.5) is 4.39 Å². The summed E-state index contributed by atoms with van der Waals surface area (Å²) in [5.41, 5.74) is 0.521. The average molecular weight is 292 g/mol. The van der Waals surface area contributed by atoms with Gasteiger partial charge in [0.05, 0.1) is 5.56 Å². The standard InChI is InChI=1S/C17H25FN2O/c1-11-7-6-8-13(14(11)18)15(21)19-12-9-16(2,3)20-17(4,5)10-12/h6-8,12,20H,9-10H2,1-5H3,(H,19,21). The molecule has 116 valence electrons. The van der Waals surface area contributed by atoms with Gasteiger partial charge in [-0.25, -0.2) is 4.39 Å². The van der Waals surface area contributed by atoms with Gasteiger partial charge in [0.1, 0.15) is 5.82 Å². The summed E-state index contributed by atoms with van der Waals surface area (Å²) < 4.78 is 14.0. The minimum atomic E-state index is -0.428. The van der Waals surface area contributed by atoms with Crippen molar-refractivity contribution in [3.8, 4) is 0 Å². The van der Waals surface area contributed by atoms with Crippen LogP contribution in [0.5, 0.6) is 0 Å². The highest BCUT2D eigenvalue weighted by atomic mass is 19.1. The van der Waals surface area contributed by atoms with Crippen LogP contribution in [0.25, 0.3) is 0 Å². The van der Waals surface area contributed by atoms with Crippen molar-refractivity contribution in [1.82, 2.24) is 10.6 Å². The van der Waals surface area contributed by atoms with Crippen LogP contribution in [0.2, 0.25) is 0 Å². The molecule has 2 rings (SSSR count). The lowest BCUT2D eigenvalue weighted by Gasteiger charge is -2.46. The van der Waals surface area contributed by atoms with E-state index in [9.17, 15) is 9.18 Å². The van der Waals surface area contributed by atoms with Crippen molar-refractivity contribution in [1.29, 1.82) is 0 Å². The van der Waals surface area contributed by atoms with Gasteiger partial charge in [0.15, 0.2) is 0 Å². The molecule has 1 aromatic rings. The summed E-state index contributed by atoms with van der Waals surface area (Å²) in [5, 5.41) is 6.57. The number of piperidine rings is 1. The third kappa shape index (κ3) is 3.82. The molecule has 0 spiro atoms. The Kier molecular flexibility index (Phi) is 4.11. The fourth-order valence-electron chi connectivity index (χ4n) is 3.51. The zero-order valence-corrected chi connectivity index (χ0v) is 13.5. The Labute approximate surface area is 126 Å². The molecule has 0 saturated carbocycles. The monoisotopic (exact) mass is 292 g/mol. The molecule has 0 radical (unpaired) electrons. The number of nitrogens with one attached hydrogen (secondary N) is 2. The fraction of sp³-hybridized carbons (Fsp3) is 0.588. The third-order valence-electron chi connectivity index (χ3n) is 3.96. The average Bonchev–Trinajstić information content (AvgIpc) is 2.28. The number of carbonyl (C=O) groups is 1. The molecule has 2 N–H and O–H groups in total. The summed E-state index contributed by atoms with van der Waals surface area (Å²) in [6.07, 6.45) is 1.66. The predicted molar refractivity (Wildman–Crippen MR) is 82.9 cm³/mol.